The lowest BCUT2D eigenvalue weighted by Crippen LogP contribution is -2.04. The Morgan fingerprint density at radius 2 is 1.93 bits per heavy atom. The summed E-state index contributed by atoms with van der Waals surface area (Å²) in [5.41, 5.74) is 0.881. The number of esters is 1. The summed E-state index contributed by atoms with van der Waals surface area (Å²) in [5, 5.41) is 8.36. The van der Waals surface area contributed by atoms with Crippen LogP contribution in [0.3, 0.4) is 0 Å². The van der Waals surface area contributed by atoms with Crippen molar-refractivity contribution in [2.24, 2.45) is 0 Å². The number of rotatable bonds is 5. The lowest BCUT2D eigenvalue weighted by atomic mass is 10.3. The van der Waals surface area contributed by atoms with E-state index in [9.17, 15) is 4.79 Å². The van der Waals surface area contributed by atoms with Gasteiger partial charge in [0.25, 0.3) is 11.8 Å². The number of para-hydroxylation sites is 1. The first-order valence-electron chi connectivity index (χ1n) is 8.25. The van der Waals surface area contributed by atoms with Gasteiger partial charge in [0.15, 0.2) is 23.1 Å². The van der Waals surface area contributed by atoms with E-state index in [1.54, 1.807) is 24.3 Å². The monoisotopic (exact) mass is 393 g/mol. The molecule has 138 valence electrons. The highest BCUT2D eigenvalue weighted by atomic mass is 32.1. The average Bonchev–Trinajstić information content (AvgIpc) is 3.51. The zero-order chi connectivity index (χ0) is 18.9. The van der Waals surface area contributed by atoms with E-state index in [0.717, 1.165) is 10.2 Å². The highest BCUT2D eigenvalue weighted by Crippen LogP contribution is 2.31. The van der Waals surface area contributed by atoms with Crippen LogP contribution in [0.1, 0.15) is 16.4 Å². The third-order valence-electron chi connectivity index (χ3n) is 3.84. The molecule has 4 heterocycles. The molecular formula is C19H11N3O5S. The van der Waals surface area contributed by atoms with Gasteiger partial charge in [-0.1, -0.05) is 12.1 Å². The zero-order valence-corrected chi connectivity index (χ0v) is 15.0. The standard InChI is InChI=1S/C19H11N3O5S/c23-19(25-10-16-21-22-17(27-16)12-5-3-9-24-12)14-8-7-13(26-14)18-20-11-4-1-2-6-15(11)28-18/h1-9H,10H2. The quantitative estimate of drug-likeness (QED) is 0.400. The number of thiazole rings is 1. The Kier molecular flexibility index (Phi) is 3.99. The fourth-order valence-electron chi connectivity index (χ4n) is 2.55. The fraction of sp³-hybridized carbons (Fsp3) is 0.0526. The largest absolute Gasteiger partial charge is 0.459 e. The van der Waals surface area contributed by atoms with Crippen LogP contribution in [0.2, 0.25) is 0 Å². The molecular weight excluding hydrogens is 382 g/mol. The molecule has 0 spiro atoms. The Bertz CT molecular complexity index is 1220. The number of furan rings is 2. The van der Waals surface area contributed by atoms with Gasteiger partial charge in [0, 0.05) is 0 Å². The second kappa shape index (κ2) is 6.78. The van der Waals surface area contributed by atoms with E-state index < -0.39 is 5.97 Å². The molecule has 0 aliphatic rings. The molecule has 0 aliphatic heterocycles. The van der Waals surface area contributed by atoms with Crippen LogP contribution in [0.4, 0.5) is 0 Å². The van der Waals surface area contributed by atoms with Crippen LogP contribution in [-0.2, 0) is 11.3 Å². The van der Waals surface area contributed by atoms with Gasteiger partial charge in [-0.05, 0) is 36.4 Å². The molecule has 5 aromatic rings. The summed E-state index contributed by atoms with van der Waals surface area (Å²) >= 11 is 1.49. The van der Waals surface area contributed by atoms with Crippen LogP contribution in [0.5, 0.6) is 0 Å². The van der Waals surface area contributed by atoms with Gasteiger partial charge in [-0.2, -0.15) is 0 Å². The predicted octanol–water partition coefficient (Wildman–Crippen LogP) is 4.56. The van der Waals surface area contributed by atoms with Crippen molar-refractivity contribution in [2.75, 3.05) is 0 Å². The number of hydrogen-bond donors (Lipinski definition) is 0. The lowest BCUT2D eigenvalue weighted by molar-refractivity contribution is 0.0403. The maximum atomic E-state index is 12.2. The van der Waals surface area contributed by atoms with E-state index >= 15 is 0 Å². The summed E-state index contributed by atoms with van der Waals surface area (Å²) in [6.45, 7) is -0.177. The first-order chi connectivity index (χ1) is 13.8. The van der Waals surface area contributed by atoms with Gasteiger partial charge in [0.05, 0.1) is 16.5 Å². The minimum absolute atomic E-state index is 0.0695. The van der Waals surface area contributed by atoms with Gasteiger partial charge in [0.1, 0.15) is 0 Å². The maximum Gasteiger partial charge on any atom is 0.374 e. The molecule has 28 heavy (non-hydrogen) atoms. The molecule has 1 aromatic carbocycles. The van der Waals surface area contributed by atoms with Crippen LogP contribution in [0, 0.1) is 0 Å². The van der Waals surface area contributed by atoms with Crippen molar-refractivity contribution in [1.82, 2.24) is 15.2 Å². The molecule has 0 unspecified atom stereocenters. The van der Waals surface area contributed by atoms with E-state index in [1.807, 2.05) is 24.3 Å². The number of carbonyl (C=O) groups excluding carboxylic acids is 1. The van der Waals surface area contributed by atoms with E-state index in [0.29, 0.717) is 16.5 Å². The van der Waals surface area contributed by atoms with Gasteiger partial charge in [0.2, 0.25) is 5.76 Å². The number of aromatic nitrogens is 3. The molecule has 0 atom stereocenters. The first-order valence-corrected chi connectivity index (χ1v) is 9.07. The van der Waals surface area contributed by atoms with E-state index in [4.69, 9.17) is 18.0 Å². The fourth-order valence-corrected chi connectivity index (χ4v) is 3.48. The van der Waals surface area contributed by atoms with Crippen molar-refractivity contribution < 1.29 is 22.8 Å². The molecule has 0 fully saturated rings. The van der Waals surface area contributed by atoms with Crippen LogP contribution in [-0.4, -0.2) is 21.2 Å². The van der Waals surface area contributed by atoms with E-state index in [-0.39, 0.29) is 24.1 Å². The topological polar surface area (TPSA) is 104 Å². The SMILES string of the molecule is O=C(OCc1nnc(-c2ccco2)o1)c1ccc(-c2nc3ccccc3s2)o1. The Balaban J connectivity index is 1.27. The molecule has 8 nitrogen and oxygen atoms in total. The summed E-state index contributed by atoms with van der Waals surface area (Å²) in [5.74, 6) is 0.748. The summed E-state index contributed by atoms with van der Waals surface area (Å²) in [6.07, 6.45) is 1.50. The summed E-state index contributed by atoms with van der Waals surface area (Å²) in [4.78, 5) is 16.7. The van der Waals surface area contributed by atoms with Crippen molar-refractivity contribution in [3.05, 3.63) is 66.4 Å². The molecule has 0 bridgehead atoms. The van der Waals surface area contributed by atoms with Crippen LogP contribution < -0.4 is 0 Å². The van der Waals surface area contributed by atoms with Crippen LogP contribution >= 0.6 is 11.3 Å². The van der Waals surface area contributed by atoms with Gasteiger partial charge in [-0.25, -0.2) is 9.78 Å². The van der Waals surface area contributed by atoms with Gasteiger partial charge >= 0.3 is 5.97 Å². The van der Waals surface area contributed by atoms with Crippen LogP contribution in [0.25, 0.3) is 32.6 Å². The second-order valence-corrected chi connectivity index (χ2v) is 6.74. The van der Waals surface area contributed by atoms with Gasteiger partial charge in [-0.3, -0.25) is 0 Å². The molecule has 0 saturated carbocycles. The normalized spacial score (nSPS) is 11.1. The number of fused-ring (bicyclic) bond motifs is 1. The predicted molar refractivity (Wildman–Crippen MR) is 98.4 cm³/mol. The third-order valence-corrected chi connectivity index (χ3v) is 4.89. The molecule has 5 rings (SSSR count). The molecule has 0 N–H and O–H groups in total. The van der Waals surface area contributed by atoms with Crippen molar-refractivity contribution in [2.45, 2.75) is 6.61 Å². The number of nitrogens with zero attached hydrogens (tertiary/aromatic N) is 3. The first kappa shape index (κ1) is 16.5. The van der Waals surface area contributed by atoms with E-state index in [1.165, 1.54) is 17.6 Å². The minimum atomic E-state index is -0.634. The Morgan fingerprint density at radius 1 is 1.00 bits per heavy atom. The highest BCUT2D eigenvalue weighted by molar-refractivity contribution is 7.21. The molecule has 0 amide bonds. The van der Waals surface area contributed by atoms with Gasteiger partial charge in [-0.15, -0.1) is 21.5 Å². The lowest BCUT2D eigenvalue weighted by Gasteiger charge is -1.98. The van der Waals surface area contributed by atoms with Crippen molar-refractivity contribution in [1.29, 1.82) is 0 Å². The molecule has 0 saturated heterocycles. The molecule has 0 radical (unpaired) electrons. The van der Waals surface area contributed by atoms with Crippen molar-refractivity contribution >= 4 is 27.5 Å². The molecule has 9 heteroatoms. The Labute approximate surface area is 161 Å². The summed E-state index contributed by atoms with van der Waals surface area (Å²) in [6, 6.07) is 14.4. The Hall–Kier alpha value is -3.72. The van der Waals surface area contributed by atoms with Gasteiger partial charge < -0.3 is 18.0 Å². The molecule has 0 aliphatic carbocycles. The zero-order valence-electron chi connectivity index (χ0n) is 14.2. The summed E-state index contributed by atoms with van der Waals surface area (Å²) in [7, 11) is 0. The number of benzene rings is 1. The Morgan fingerprint density at radius 3 is 2.79 bits per heavy atom. The van der Waals surface area contributed by atoms with Crippen molar-refractivity contribution in [3.8, 4) is 22.4 Å². The highest BCUT2D eigenvalue weighted by Gasteiger charge is 2.18. The van der Waals surface area contributed by atoms with Crippen LogP contribution in [0.15, 0.2) is 68.0 Å². The summed E-state index contributed by atoms with van der Waals surface area (Å²) < 4.78 is 22.4. The second-order valence-electron chi connectivity index (χ2n) is 5.71. The minimum Gasteiger partial charge on any atom is -0.459 e. The average molecular weight is 393 g/mol. The maximum absolute atomic E-state index is 12.2. The number of carbonyl (C=O) groups is 1. The number of hydrogen-bond acceptors (Lipinski definition) is 9. The van der Waals surface area contributed by atoms with E-state index in [2.05, 4.69) is 15.2 Å². The molecule has 4 aromatic heterocycles. The third kappa shape index (κ3) is 3.08. The number of ether oxygens (including phenoxy) is 1. The van der Waals surface area contributed by atoms with Crippen molar-refractivity contribution in [3.63, 3.8) is 0 Å². The smallest absolute Gasteiger partial charge is 0.374 e.